The zero-order chi connectivity index (χ0) is 13.9. The van der Waals surface area contributed by atoms with E-state index in [0.717, 1.165) is 0 Å². The first kappa shape index (κ1) is 14.6. The van der Waals surface area contributed by atoms with Gasteiger partial charge in [-0.15, -0.1) is 0 Å². The van der Waals surface area contributed by atoms with Gasteiger partial charge in [0.15, 0.2) is 0 Å². The van der Waals surface area contributed by atoms with Crippen LogP contribution in [0, 0.1) is 5.92 Å². The number of benzene rings is 1. The summed E-state index contributed by atoms with van der Waals surface area (Å²) in [4.78, 5) is 0. The fourth-order valence-corrected chi connectivity index (χ4v) is 1.79. The van der Waals surface area contributed by atoms with Gasteiger partial charge in [-0.1, -0.05) is 13.8 Å². The molecule has 5 nitrogen and oxygen atoms in total. The molecular formula is C13H21NO4. The summed E-state index contributed by atoms with van der Waals surface area (Å²) < 4.78 is 10.2. The maximum Gasteiger partial charge on any atom is 0.131 e. The Balaban J connectivity index is 3.22. The predicted octanol–water partition coefficient (Wildman–Crippen LogP) is 1.43. The maximum atomic E-state index is 10.00. The highest BCUT2D eigenvalue weighted by Gasteiger charge is 2.26. The second-order valence-corrected chi connectivity index (χ2v) is 4.52. The number of aliphatic hydroxyl groups is 1. The first-order chi connectivity index (χ1) is 8.42. The van der Waals surface area contributed by atoms with Crippen molar-refractivity contribution in [2.75, 3.05) is 14.2 Å². The van der Waals surface area contributed by atoms with E-state index in [1.807, 2.05) is 13.8 Å². The van der Waals surface area contributed by atoms with Crippen LogP contribution in [0.2, 0.25) is 0 Å². The SMILES string of the molecule is COc1cc(O)c([C@H](N)[C@H](O)C(C)C)c(OC)c1. The standard InChI is InChI=1S/C13H21NO4/c1-7(2)13(16)12(14)11-9(15)5-8(17-3)6-10(11)18-4/h5-7,12-13,15-16H,14H2,1-4H3/t12-,13+/m0/s1. The Bertz CT molecular complexity index is 406. The van der Waals surface area contributed by atoms with Gasteiger partial charge in [0.2, 0.25) is 0 Å². The molecule has 0 bridgehead atoms. The fraction of sp³-hybridized carbons (Fsp3) is 0.538. The molecule has 0 saturated heterocycles. The van der Waals surface area contributed by atoms with Gasteiger partial charge in [-0.2, -0.15) is 0 Å². The van der Waals surface area contributed by atoms with Crippen molar-refractivity contribution >= 4 is 0 Å². The molecule has 0 saturated carbocycles. The Morgan fingerprint density at radius 1 is 1.17 bits per heavy atom. The van der Waals surface area contributed by atoms with Gasteiger partial charge in [0.1, 0.15) is 17.2 Å². The lowest BCUT2D eigenvalue weighted by Gasteiger charge is -2.25. The average Bonchev–Trinajstić information content (AvgIpc) is 2.35. The van der Waals surface area contributed by atoms with E-state index in [1.165, 1.54) is 20.3 Å². The molecule has 4 N–H and O–H groups in total. The Morgan fingerprint density at radius 2 is 1.78 bits per heavy atom. The smallest absolute Gasteiger partial charge is 0.131 e. The molecule has 18 heavy (non-hydrogen) atoms. The largest absolute Gasteiger partial charge is 0.507 e. The number of aromatic hydroxyl groups is 1. The first-order valence-corrected chi connectivity index (χ1v) is 5.80. The zero-order valence-corrected chi connectivity index (χ0v) is 11.2. The van der Waals surface area contributed by atoms with Crippen molar-refractivity contribution in [2.45, 2.75) is 26.0 Å². The quantitative estimate of drug-likeness (QED) is 0.741. The first-order valence-electron chi connectivity index (χ1n) is 5.80. The Labute approximate surface area is 107 Å². The Hall–Kier alpha value is -1.46. The van der Waals surface area contributed by atoms with Crippen LogP contribution in [-0.2, 0) is 0 Å². The number of hydrogen-bond donors (Lipinski definition) is 3. The molecular weight excluding hydrogens is 234 g/mol. The monoisotopic (exact) mass is 255 g/mol. The summed E-state index contributed by atoms with van der Waals surface area (Å²) in [7, 11) is 2.98. The molecule has 0 aromatic heterocycles. The van der Waals surface area contributed by atoms with Crippen molar-refractivity contribution in [3.63, 3.8) is 0 Å². The second kappa shape index (κ2) is 5.93. The van der Waals surface area contributed by atoms with Crippen LogP contribution in [0.5, 0.6) is 17.2 Å². The van der Waals surface area contributed by atoms with Crippen LogP contribution >= 0.6 is 0 Å². The molecule has 0 heterocycles. The molecule has 0 amide bonds. The molecule has 0 aliphatic carbocycles. The summed E-state index contributed by atoms with van der Waals surface area (Å²) in [6.45, 7) is 3.72. The summed E-state index contributed by atoms with van der Waals surface area (Å²) in [6, 6.07) is 2.36. The van der Waals surface area contributed by atoms with Crippen molar-refractivity contribution in [2.24, 2.45) is 11.7 Å². The minimum absolute atomic E-state index is 0.0220. The highest BCUT2D eigenvalue weighted by atomic mass is 16.5. The molecule has 102 valence electrons. The number of methoxy groups -OCH3 is 2. The van der Waals surface area contributed by atoms with Crippen LogP contribution in [-0.4, -0.2) is 30.5 Å². The minimum atomic E-state index is -0.766. The summed E-state index contributed by atoms with van der Waals surface area (Å²) >= 11 is 0. The van der Waals surface area contributed by atoms with E-state index in [2.05, 4.69) is 0 Å². The van der Waals surface area contributed by atoms with Crippen LogP contribution in [0.3, 0.4) is 0 Å². The van der Waals surface area contributed by atoms with Crippen LogP contribution in [0.25, 0.3) is 0 Å². The van der Waals surface area contributed by atoms with E-state index < -0.39 is 12.1 Å². The van der Waals surface area contributed by atoms with Crippen molar-refractivity contribution in [3.05, 3.63) is 17.7 Å². The number of ether oxygens (including phenoxy) is 2. The number of nitrogens with two attached hydrogens (primary N) is 1. The number of hydrogen-bond acceptors (Lipinski definition) is 5. The predicted molar refractivity (Wildman–Crippen MR) is 69.0 cm³/mol. The van der Waals surface area contributed by atoms with E-state index in [0.29, 0.717) is 17.1 Å². The Morgan fingerprint density at radius 3 is 2.22 bits per heavy atom. The van der Waals surface area contributed by atoms with Crippen molar-refractivity contribution < 1.29 is 19.7 Å². The lowest BCUT2D eigenvalue weighted by Crippen LogP contribution is -2.30. The Kier molecular flexibility index (Phi) is 4.81. The van der Waals surface area contributed by atoms with Gasteiger partial charge in [0, 0.05) is 12.1 Å². The molecule has 0 aliphatic heterocycles. The van der Waals surface area contributed by atoms with Gasteiger partial charge in [-0.25, -0.2) is 0 Å². The van der Waals surface area contributed by atoms with E-state index >= 15 is 0 Å². The molecule has 1 aromatic carbocycles. The second-order valence-electron chi connectivity index (χ2n) is 4.52. The molecule has 2 atom stereocenters. The van der Waals surface area contributed by atoms with Crippen molar-refractivity contribution in [1.82, 2.24) is 0 Å². The van der Waals surface area contributed by atoms with E-state index in [1.54, 1.807) is 6.07 Å². The van der Waals surface area contributed by atoms with Crippen LogP contribution < -0.4 is 15.2 Å². The fourth-order valence-electron chi connectivity index (χ4n) is 1.79. The molecule has 1 rings (SSSR count). The number of phenols is 1. The highest BCUT2D eigenvalue weighted by molar-refractivity contribution is 5.51. The van der Waals surface area contributed by atoms with Gasteiger partial charge in [-0.05, 0) is 5.92 Å². The summed E-state index contributed by atoms with van der Waals surface area (Å²) in [5.74, 6) is 0.808. The summed E-state index contributed by atoms with van der Waals surface area (Å²) in [6.07, 6.45) is -0.766. The molecule has 1 aromatic rings. The van der Waals surface area contributed by atoms with Gasteiger partial charge in [0.25, 0.3) is 0 Å². The van der Waals surface area contributed by atoms with Crippen LogP contribution in [0.4, 0.5) is 0 Å². The van der Waals surface area contributed by atoms with Crippen molar-refractivity contribution in [3.8, 4) is 17.2 Å². The normalized spacial score (nSPS) is 14.4. The number of phenolic OH excluding ortho intramolecular Hbond substituents is 1. The summed E-state index contributed by atoms with van der Waals surface area (Å²) in [5, 5.41) is 20.0. The molecule has 0 unspecified atom stereocenters. The summed E-state index contributed by atoms with van der Waals surface area (Å²) in [5.41, 5.74) is 6.37. The third kappa shape index (κ3) is 2.86. The van der Waals surface area contributed by atoms with Gasteiger partial charge >= 0.3 is 0 Å². The highest BCUT2D eigenvalue weighted by Crippen LogP contribution is 2.38. The number of rotatable bonds is 5. The van der Waals surface area contributed by atoms with Crippen molar-refractivity contribution in [1.29, 1.82) is 0 Å². The lowest BCUT2D eigenvalue weighted by molar-refractivity contribution is 0.0959. The zero-order valence-electron chi connectivity index (χ0n) is 11.2. The average molecular weight is 255 g/mol. The van der Waals surface area contributed by atoms with Crippen LogP contribution in [0.15, 0.2) is 12.1 Å². The molecule has 5 heteroatoms. The molecule has 0 spiro atoms. The van der Waals surface area contributed by atoms with Crippen LogP contribution in [0.1, 0.15) is 25.5 Å². The maximum absolute atomic E-state index is 10.00. The van der Waals surface area contributed by atoms with Gasteiger partial charge in [-0.3, -0.25) is 0 Å². The molecule has 0 fully saturated rings. The minimum Gasteiger partial charge on any atom is -0.507 e. The topological polar surface area (TPSA) is 84.9 Å². The third-order valence-electron chi connectivity index (χ3n) is 2.93. The van der Waals surface area contributed by atoms with Gasteiger partial charge < -0.3 is 25.4 Å². The van der Waals surface area contributed by atoms with E-state index in [9.17, 15) is 10.2 Å². The molecule has 0 radical (unpaired) electrons. The van der Waals surface area contributed by atoms with E-state index in [-0.39, 0.29) is 11.7 Å². The van der Waals surface area contributed by atoms with Gasteiger partial charge in [0.05, 0.1) is 31.9 Å². The third-order valence-corrected chi connectivity index (χ3v) is 2.93. The molecule has 0 aliphatic rings. The number of aliphatic hydroxyl groups excluding tert-OH is 1. The van der Waals surface area contributed by atoms with E-state index in [4.69, 9.17) is 15.2 Å². The lowest BCUT2D eigenvalue weighted by atomic mass is 9.93.